The molecule has 0 bridgehead atoms. The third kappa shape index (κ3) is 2.79. The summed E-state index contributed by atoms with van der Waals surface area (Å²) in [6.07, 6.45) is 6.33. The van der Waals surface area contributed by atoms with Crippen molar-refractivity contribution in [3.8, 4) is 11.5 Å². The molecule has 2 aromatic carbocycles. The highest BCUT2D eigenvalue weighted by molar-refractivity contribution is 5.75. The summed E-state index contributed by atoms with van der Waals surface area (Å²) in [4.78, 5) is 0. The summed E-state index contributed by atoms with van der Waals surface area (Å²) in [5.41, 5.74) is 3.46. The fraction of sp³-hybridized carbons (Fsp3) is 0.333. The first-order valence-corrected chi connectivity index (χ1v) is 7.53. The van der Waals surface area contributed by atoms with Crippen molar-refractivity contribution in [1.82, 2.24) is 0 Å². The van der Waals surface area contributed by atoms with Gasteiger partial charge in [0, 0.05) is 0 Å². The first kappa shape index (κ1) is 13.0. The predicted molar refractivity (Wildman–Crippen MR) is 84.1 cm³/mol. The molecule has 2 nitrogen and oxygen atoms in total. The SMILES string of the molecule is CCCCCCc1ccc2c(c1)Oc1ccccc1N2. The van der Waals surface area contributed by atoms with Gasteiger partial charge in [0.15, 0.2) is 11.5 Å². The number of unbranched alkanes of at least 4 members (excludes halogenated alkanes) is 3. The number of ether oxygens (including phenoxy) is 1. The zero-order valence-electron chi connectivity index (χ0n) is 12.0. The maximum Gasteiger partial charge on any atom is 0.151 e. The van der Waals surface area contributed by atoms with Crippen molar-refractivity contribution < 1.29 is 4.74 Å². The van der Waals surface area contributed by atoms with Crippen molar-refractivity contribution in [1.29, 1.82) is 0 Å². The van der Waals surface area contributed by atoms with Crippen molar-refractivity contribution in [2.45, 2.75) is 39.0 Å². The van der Waals surface area contributed by atoms with Crippen LogP contribution in [-0.2, 0) is 6.42 Å². The molecule has 0 aromatic heterocycles. The normalized spacial score (nSPS) is 12.1. The summed E-state index contributed by atoms with van der Waals surface area (Å²) >= 11 is 0. The van der Waals surface area contributed by atoms with Crippen LogP contribution in [0.25, 0.3) is 0 Å². The third-order valence-electron chi connectivity index (χ3n) is 3.74. The highest BCUT2D eigenvalue weighted by atomic mass is 16.5. The molecule has 0 atom stereocenters. The Kier molecular flexibility index (Phi) is 3.91. The second kappa shape index (κ2) is 6.00. The Bertz CT molecular complexity index is 592. The van der Waals surface area contributed by atoms with Gasteiger partial charge < -0.3 is 10.1 Å². The fourth-order valence-electron chi connectivity index (χ4n) is 2.59. The first-order valence-electron chi connectivity index (χ1n) is 7.53. The Hall–Kier alpha value is -1.96. The molecule has 3 rings (SSSR count). The minimum Gasteiger partial charge on any atom is -0.453 e. The predicted octanol–water partition coefficient (Wildman–Crippen LogP) is 5.66. The minimum absolute atomic E-state index is 0.906. The summed E-state index contributed by atoms with van der Waals surface area (Å²) in [5, 5.41) is 3.42. The number of fused-ring (bicyclic) bond motifs is 2. The highest BCUT2D eigenvalue weighted by Gasteiger charge is 2.15. The van der Waals surface area contributed by atoms with E-state index in [9.17, 15) is 0 Å². The molecule has 0 aliphatic carbocycles. The lowest BCUT2D eigenvalue weighted by atomic mass is 10.0. The fourth-order valence-corrected chi connectivity index (χ4v) is 2.59. The average molecular weight is 267 g/mol. The van der Waals surface area contributed by atoms with Crippen molar-refractivity contribution in [2.24, 2.45) is 0 Å². The Morgan fingerprint density at radius 1 is 0.900 bits per heavy atom. The van der Waals surface area contributed by atoms with Gasteiger partial charge in [0.1, 0.15) is 0 Å². The van der Waals surface area contributed by atoms with E-state index in [4.69, 9.17) is 4.74 Å². The van der Waals surface area contributed by atoms with Crippen LogP contribution >= 0.6 is 0 Å². The van der Waals surface area contributed by atoms with Crippen molar-refractivity contribution in [3.05, 3.63) is 48.0 Å². The van der Waals surface area contributed by atoms with E-state index in [-0.39, 0.29) is 0 Å². The number of para-hydroxylation sites is 2. The zero-order chi connectivity index (χ0) is 13.8. The van der Waals surface area contributed by atoms with E-state index in [1.165, 1.54) is 31.2 Å². The van der Waals surface area contributed by atoms with E-state index in [0.29, 0.717) is 0 Å². The Morgan fingerprint density at radius 2 is 1.75 bits per heavy atom. The summed E-state index contributed by atoms with van der Waals surface area (Å²) < 4.78 is 5.98. The van der Waals surface area contributed by atoms with Crippen molar-refractivity contribution >= 4 is 11.4 Å². The number of nitrogens with one attached hydrogen (secondary N) is 1. The molecule has 1 aliphatic rings. The molecule has 0 saturated carbocycles. The molecular weight excluding hydrogens is 246 g/mol. The van der Waals surface area contributed by atoms with Crippen LogP contribution in [0.4, 0.5) is 11.4 Å². The van der Waals surface area contributed by atoms with Crippen LogP contribution in [0.3, 0.4) is 0 Å². The Morgan fingerprint density at radius 3 is 2.65 bits per heavy atom. The molecule has 0 unspecified atom stereocenters. The molecule has 20 heavy (non-hydrogen) atoms. The van der Waals surface area contributed by atoms with Gasteiger partial charge >= 0.3 is 0 Å². The lowest BCUT2D eigenvalue weighted by Gasteiger charge is -2.22. The van der Waals surface area contributed by atoms with Crippen LogP contribution < -0.4 is 10.1 Å². The largest absolute Gasteiger partial charge is 0.453 e. The molecule has 1 heterocycles. The maximum atomic E-state index is 5.98. The lowest BCUT2D eigenvalue weighted by molar-refractivity contribution is 0.480. The van der Waals surface area contributed by atoms with Crippen molar-refractivity contribution in [2.75, 3.05) is 5.32 Å². The molecule has 2 aromatic rings. The van der Waals surface area contributed by atoms with Crippen LogP contribution in [0.2, 0.25) is 0 Å². The van der Waals surface area contributed by atoms with Crippen LogP contribution in [-0.4, -0.2) is 0 Å². The molecular formula is C18H21NO. The third-order valence-corrected chi connectivity index (χ3v) is 3.74. The van der Waals surface area contributed by atoms with Gasteiger partial charge in [-0.05, 0) is 42.7 Å². The molecule has 1 N–H and O–H groups in total. The van der Waals surface area contributed by atoms with E-state index in [1.54, 1.807) is 0 Å². The van der Waals surface area contributed by atoms with Gasteiger partial charge in [-0.2, -0.15) is 0 Å². The quantitative estimate of drug-likeness (QED) is 0.602. The minimum atomic E-state index is 0.906. The zero-order valence-corrected chi connectivity index (χ0v) is 12.0. The molecule has 0 fully saturated rings. The van der Waals surface area contributed by atoms with Crippen LogP contribution in [0, 0.1) is 0 Å². The van der Waals surface area contributed by atoms with E-state index >= 15 is 0 Å². The van der Waals surface area contributed by atoms with Gasteiger partial charge in [-0.15, -0.1) is 0 Å². The Labute approximate surface area is 120 Å². The number of hydrogen-bond donors (Lipinski definition) is 1. The second-order valence-electron chi connectivity index (χ2n) is 5.36. The number of benzene rings is 2. The smallest absolute Gasteiger partial charge is 0.151 e. The van der Waals surface area contributed by atoms with E-state index in [1.807, 2.05) is 24.3 Å². The highest BCUT2D eigenvalue weighted by Crippen LogP contribution is 2.41. The van der Waals surface area contributed by atoms with Crippen molar-refractivity contribution in [3.63, 3.8) is 0 Å². The summed E-state index contributed by atoms with van der Waals surface area (Å²) in [5.74, 6) is 1.85. The van der Waals surface area contributed by atoms with Gasteiger partial charge in [0.2, 0.25) is 0 Å². The monoisotopic (exact) mass is 267 g/mol. The number of aryl methyl sites for hydroxylation is 1. The maximum absolute atomic E-state index is 5.98. The summed E-state index contributed by atoms with van der Waals surface area (Å²) in [7, 11) is 0. The first-order chi connectivity index (χ1) is 9.86. The van der Waals surface area contributed by atoms with Gasteiger partial charge in [-0.25, -0.2) is 0 Å². The molecule has 0 amide bonds. The molecule has 0 saturated heterocycles. The summed E-state index contributed by atoms with van der Waals surface area (Å²) in [6, 6.07) is 14.6. The molecule has 0 radical (unpaired) electrons. The molecule has 0 spiro atoms. The number of hydrogen-bond acceptors (Lipinski definition) is 2. The van der Waals surface area contributed by atoms with Crippen LogP contribution in [0.1, 0.15) is 38.2 Å². The summed E-state index contributed by atoms with van der Waals surface area (Å²) in [6.45, 7) is 2.25. The van der Waals surface area contributed by atoms with Gasteiger partial charge in [0.25, 0.3) is 0 Å². The topological polar surface area (TPSA) is 21.3 Å². The number of anilines is 2. The molecule has 1 aliphatic heterocycles. The standard InChI is InChI=1S/C18H21NO/c1-2-3-4-5-8-14-11-12-16-18(13-14)20-17-10-7-6-9-15(17)19-16/h6-7,9-13,19H,2-5,8H2,1H3. The average Bonchev–Trinajstić information content (AvgIpc) is 2.49. The lowest BCUT2D eigenvalue weighted by Crippen LogP contribution is -2.03. The molecule has 104 valence electrons. The van der Waals surface area contributed by atoms with E-state index in [2.05, 4.69) is 30.4 Å². The Balaban J connectivity index is 1.71. The van der Waals surface area contributed by atoms with E-state index in [0.717, 1.165) is 29.3 Å². The van der Waals surface area contributed by atoms with Gasteiger partial charge in [-0.3, -0.25) is 0 Å². The van der Waals surface area contributed by atoms with Crippen LogP contribution in [0.15, 0.2) is 42.5 Å². The number of rotatable bonds is 5. The van der Waals surface area contributed by atoms with Crippen LogP contribution in [0.5, 0.6) is 11.5 Å². The van der Waals surface area contributed by atoms with Gasteiger partial charge in [0.05, 0.1) is 11.4 Å². The second-order valence-corrected chi connectivity index (χ2v) is 5.36. The van der Waals surface area contributed by atoms with E-state index < -0.39 is 0 Å². The molecule has 2 heteroatoms. The van der Waals surface area contributed by atoms with Gasteiger partial charge in [-0.1, -0.05) is 44.4 Å².